The maximum Gasteiger partial charge on any atom is 0.243 e. The quantitative estimate of drug-likeness (QED) is 0.853. The molecule has 1 aromatic heterocycles. The van der Waals surface area contributed by atoms with Crippen LogP contribution in [0.4, 0.5) is 0 Å². The Labute approximate surface area is 121 Å². The Hall–Kier alpha value is -1.18. The van der Waals surface area contributed by atoms with Gasteiger partial charge in [-0.25, -0.2) is 8.42 Å². The lowest BCUT2D eigenvalue weighted by Crippen LogP contribution is -2.27. The minimum Gasteiger partial charge on any atom is -0.271 e. The Morgan fingerprint density at radius 2 is 1.89 bits per heavy atom. The number of hydrogen-bond donors (Lipinski definition) is 0. The molecule has 0 atom stereocenters. The number of aromatic nitrogens is 2. The summed E-state index contributed by atoms with van der Waals surface area (Å²) < 4.78 is 28.5. The predicted octanol–water partition coefficient (Wildman–Crippen LogP) is 2.00. The van der Waals surface area contributed by atoms with E-state index in [0.29, 0.717) is 0 Å². The number of rotatable bonds is 4. The van der Waals surface area contributed by atoms with Crippen LogP contribution in [0.15, 0.2) is 45.9 Å². The van der Waals surface area contributed by atoms with Crippen LogP contribution in [-0.2, 0) is 23.6 Å². The van der Waals surface area contributed by atoms with E-state index in [9.17, 15) is 8.42 Å². The molecule has 0 bridgehead atoms. The second-order valence-electron chi connectivity index (χ2n) is 4.16. The maximum atomic E-state index is 12.4. The standard InChI is InChI=1S/C12H14BrN3O2S/c1-15(9-11-7-8-14-16(11)2)19(17,18)12-5-3-10(13)4-6-12/h3-8H,9H2,1-2H3. The van der Waals surface area contributed by atoms with Crippen molar-refractivity contribution in [3.63, 3.8) is 0 Å². The first-order valence-corrected chi connectivity index (χ1v) is 7.83. The number of sulfonamides is 1. The van der Waals surface area contributed by atoms with Crippen molar-refractivity contribution in [1.29, 1.82) is 0 Å². The van der Waals surface area contributed by atoms with Crippen LogP contribution in [0.5, 0.6) is 0 Å². The molecule has 0 spiro atoms. The third-order valence-electron chi connectivity index (χ3n) is 2.83. The highest BCUT2D eigenvalue weighted by molar-refractivity contribution is 9.10. The minimum absolute atomic E-state index is 0.278. The van der Waals surface area contributed by atoms with Gasteiger partial charge in [0.25, 0.3) is 0 Å². The summed E-state index contributed by atoms with van der Waals surface area (Å²) in [6.07, 6.45) is 1.65. The molecule has 2 aromatic rings. The van der Waals surface area contributed by atoms with Crippen LogP contribution < -0.4 is 0 Å². The second kappa shape index (κ2) is 5.44. The zero-order chi connectivity index (χ0) is 14.0. The molecular formula is C12H14BrN3O2S. The maximum absolute atomic E-state index is 12.4. The second-order valence-corrected chi connectivity index (χ2v) is 7.12. The van der Waals surface area contributed by atoms with Gasteiger partial charge in [-0.05, 0) is 30.3 Å². The molecule has 7 heteroatoms. The van der Waals surface area contributed by atoms with Gasteiger partial charge in [0.15, 0.2) is 0 Å². The molecule has 0 aliphatic heterocycles. The molecule has 1 heterocycles. The molecule has 0 amide bonds. The summed E-state index contributed by atoms with van der Waals surface area (Å²) in [7, 11) is -0.130. The van der Waals surface area contributed by atoms with E-state index in [2.05, 4.69) is 21.0 Å². The molecule has 0 aliphatic carbocycles. The lowest BCUT2D eigenvalue weighted by Gasteiger charge is -2.17. The van der Waals surface area contributed by atoms with Gasteiger partial charge < -0.3 is 0 Å². The molecular weight excluding hydrogens is 330 g/mol. The van der Waals surface area contributed by atoms with Gasteiger partial charge in [0.1, 0.15) is 0 Å². The van der Waals surface area contributed by atoms with Gasteiger partial charge in [0, 0.05) is 24.8 Å². The number of aryl methyl sites for hydroxylation is 1. The van der Waals surface area contributed by atoms with Crippen molar-refractivity contribution in [2.75, 3.05) is 7.05 Å². The summed E-state index contributed by atoms with van der Waals surface area (Å²) in [4.78, 5) is 0.278. The lowest BCUT2D eigenvalue weighted by molar-refractivity contribution is 0.453. The van der Waals surface area contributed by atoms with Crippen molar-refractivity contribution in [1.82, 2.24) is 14.1 Å². The molecule has 5 nitrogen and oxygen atoms in total. The summed E-state index contributed by atoms with van der Waals surface area (Å²) in [6.45, 7) is 0.287. The zero-order valence-corrected chi connectivity index (χ0v) is 13.0. The molecule has 0 saturated heterocycles. The summed E-state index contributed by atoms with van der Waals surface area (Å²) in [5.41, 5.74) is 0.836. The van der Waals surface area contributed by atoms with Crippen LogP contribution in [0.2, 0.25) is 0 Å². The van der Waals surface area contributed by atoms with Gasteiger partial charge >= 0.3 is 0 Å². The minimum atomic E-state index is -3.48. The summed E-state index contributed by atoms with van der Waals surface area (Å²) in [5, 5.41) is 4.03. The van der Waals surface area contributed by atoms with Gasteiger partial charge in [0.2, 0.25) is 10.0 Å². The fourth-order valence-corrected chi connectivity index (χ4v) is 3.06. The molecule has 0 radical (unpaired) electrons. The van der Waals surface area contributed by atoms with Crippen molar-refractivity contribution in [3.8, 4) is 0 Å². The SMILES string of the molecule is CN(Cc1ccnn1C)S(=O)(=O)c1ccc(Br)cc1. The fourth-order valence-electron chi connectivity index (χ4n) is 1.66. The highest BCUT2D eigenvalue weighted by atomic mass is 79.9. The van der Waals surface area contributed by atoms with Crippen LogP contribution in [0, 0.1) is 0 Å². The van der Waals surface area contributed by atoms with Crippen molar-refractivity contribution in [2.45, 2.75) is 11.4 Å². The smallest absolute Gasteiger partial charge is 0.243 e. The van der Waals surface area contributed by atoms with Crippen LogP contribution in [0.1, 0.15) is 5.69 Å². The van der Waals surface area contributed by atoms with Crippen molar-refractivity contribution in [3.05, 3.63) is 46.7 Å². The van der Waals surface area contributed by atoms with E-state index >= 15 is 0 Å². The zero-order valence-electron chi connectivity index (χ0n) is 10.6. The van der Waals surface area contributed by atoms with Crippen molar-refractivity contribution >= 4 is 26.0 Å². The van der Waals surface area contributed by atoms with Gasteiger partial charge in [-0.1, -0.05) is 15.9 Å². The van der Waals surface area contributed by atoms with Crippen LogP contribution in [-0.4, -0.2) is 29.6 Å². The molecule has 0 fully saturated rings. The molecule has 2 rings (SSSR count). The number of hydrogen-bond acceptors (Lipinski definition) is 3. The first-order chi connectivity index (χ1) is 8.91. The Morgan fingerprint density at radius 1 is 1.26 bits per heavy atom. The molecule has 0 N–H and O–H groups in total. The fraction of sp³-hybridized carbons (Fsp3) is 0.250. The van der Waals surface area contributed by atoms with Crippen LogP contribution in [0.25, 0.3) is 0 Å². The first-order valence-electron chi connectivity index (χ1n) is 5.60. The van der Waals surface area contributed by atoms with Crippen LogP contribution in [0.3, 0.4) is 0 Å². The van der Waals surface area contributed by atoms with E-state index < -0.39 is 10.0 Å². The molecule has 19 heavy (non-hydrogen) atoms. The molecule has 102 valence electrons. The first kappa shape index (κ1) is 14.2. The van der Waals surface area contributed by atoms with E-state index in [1.54, 1.807) is 55.3 Å². The number of benzene rings is 1. The lowest BCUT2D eigenvalue weighted by atomic mass is 10.4. The normalized spacial score (nSPS) is 12.0. The monoisotopic (exact) mass is 343 g/mol. The Kier molecular flexibility index (Phi) is 4.07. The van der Waals surface area contributed by atoms with Gasteiger partial charge in [-0.2, -0.15) is 9.40 Å². The van der Waals surface area contributed by atoms with E-state index in [1.165, 1.54) is 4.31 Å². The van der Waals surface area contributed by atoms with Crippen molar-refractivity contribution < 1.29 is 8.42 Å². The van der Waals surface area contributed by atoms with Gasteiger partial charge in [0.05, 0.1) is 17.1 Å². The highest BCUT2D eigenvalue weighted by Gasteiger charge is 2.21. The van der Waals surface area contributed by atoms with Crippen molar-refractivity contribution in [2.24, 2.45) is 7.05 Å². The molecule has 0 unspecified atom stereocenters. The highest BCUT2D eigenvalue weighted by Crippen LogP contribution is 2.19. The average molecular weight is 344 g/mol. The molecule has 0 saturated carbocycles. The van der Waals surface area contributed by atoms with Crippen LogP contribution >= 0.6 is 15.9 Å². The van der Waals surface area contributed by atoms with Gasteiger partial charge in [-0.3, -0.25) is 4.68 Å². The third-order valence-corrected chi connectivity index (χ3v) is 5.18. The van der Waals surface area contributed by atoms with E-state index in [1.807, 2.05) is 0 Å². The topological polar surface area (TPSA) is 55.2 Å². The molecule has 1 aromatic carbocycles. The number of nitrogens with zero attached hydrogens (tertiary/aromatic N) is 3. The van der Waals surface area contributed by atoms with E-state index in [4.69, 9.17) is 0 Å². The Bertz CT molecular complexity index is 665. The summed E-state index contributed by atoms with van der Waals surface area (Å²) in [6, 6.07) is 8.39. The van der Waals surface area contributed by atoms with E-state index in [-0.39, 0.29) is 11.4 Å². The molecule has 0 aliphatic rings. The predicted molar refractivity (Wildman–Crippen MR) is 76.0 cm³/mol. The Morgan fingerprint density at radius 3 is 2.42 bits per heavy atom. The summed E-state index contributed by atoms with van der Waals surface area (Å²) >= 11 is 3.29. The Balaban J connectivity index is 2.24. The number of halogens is 1. The average Bonchev–Trinajstić information content (AvgIpc) is 2.75. The van der Waals surface area contributed by atoms with Gasteiger partial charge in [-0.15, -0.1) is 0 Å². The summed E-state index contributed by atoms with van der Waals surface area (Å²) in [5.74, 6) is 0. The third kappa shape index (κ3) is 3.05. The van der Waals surface area contributed by atoms with E-state index in [0.717, 1.165) is 10.2 Å². The largest absolute Gasteiger partial charge is 0.271 e.